The van der Waals surface area contributed by atoms with E-state index in [1.54, 1.807) is 24.3 Å². The molecule has 6 heteroatoms. The Kier molecular flexibility index (Phi) is 5.86. The molecule has 1 aromatic heterocycles. The summed E-state index contributed by atoms with van der Waals surface area (Å²) >= 11 is 3.12. The van der Waals surface area contributed by atoms with Gasteiger partial charge in [0.1, 0.15) is 5.75 Å². The summed E-state index contributed by atoms with van der Waals surface area (Å²) in [5.74, 6) is -0.822. The van der Waals surface area contributed by atoms with Gasteiger partial charge < -0.3 is 13.9 Å². The molecule has 0 bridgehead atoms. The zero-order chi connectivity index (χ0) is 18.4. The molecule has 0 amide bonds. The zero-order valence-corrected chi connectivity index (χ0v) is 15.3. The summed E-state index contributed by atoms with van der Waals surface area (Å²) in [4.78, 5) is 24.1. The van der Waals surface area contributed by atoms with Gasteiger partial charge in [0.2, 0.25) is 5.76 Å². The molecule has 0 saturated heterocycles. The first-order valence-corrected chi connectivity index (χ1v) is 8.70. The fraction of sp³-hybridized carbons (Fsp3) is 0.100. The molecule has 1 heterocycles. The summed E-state index contributed by atoms with van der Waals surface area (Å²) in [6.07, 6.45) is 0.634. The van der Waals surface area contributed by atoms with E-state index >= 15 is 0 Å². The van der Waals surface area contributed by atoms with Crippen LogP contribution in [0.3, 0.4) is 0 Å². The lowest BCUT2D eigenvalue weighted by Gasteiger charge is -2.07. The predicted molar refractivity (Wildman–Crippen MR) is 98.2 cm³/mol. The minimum atomic E-state index is -0.648. The number of carbonyl (C=O) groups excluding carboxylic acids is 2. The first-order chi connectivity index (χ1) is 12.6. The van der Waals surface area contributed by atoms with Crippen molar-refractivity contribution in [2.24, 2.45) is 0 Å². The molecule has 0 unspecified atom stereocenters. The van der Waals surface area contributed by atoms with Crippen LogP contribution in [-0.2, 0) is 11.2 Å². The minimum Gasteiger partial charge on any atom is -0.462 e. The largest absolute Gasteiger partial charge is 0.462 e. The number of benzene rings is 2. The smallest absolute Gasteiger partial charge is 0.379 e. The maximum Gasteiger partial charge on any atom is 0.379 e. The number of halogens is 1. The Hall–Kier alpha value is -2.86. The topological polar surface area (TPSA) is 65.7 Å². The van der Waals surface area contributed by atoms with Crippen molar-refractivity contribution in [3.05, 3.63) is 88.3 Å². The molecule has 0 fully saturated rings. The molecule has 0 aliphatic rings. The summed E-state index contributed by atoms with van der Waals surface area (Å²) in [5.41, 5.74) is 1.40. The first kappa shape index (κ1) is 17.9. The van der Waals surface area contributed by atoms with Crippen LogP contribution in [0.4, 0.5) is 0 Å². The minimum absolute atomic E-state index is 0.0627. The van der Waals surface area contributed by atoms with Gasteiger partial charge >= 0.3 is 11.9 Å². The van der Waals surface area contributed by atoms with Gasteiger partial charge in [-0.1, -0.05) is 36.4 Å². The van der Waals surface area contributed by atoms with Crippen LogP contribution in [0.1, 0.15) is 26.5 Å². The van der Waals surface area contributed by atoms with Gasteiger partial charge in [-0.2, -0.15) is 0 Å². The summed E-state index contributed by atoms with van der Waals surface area (Å²) in [6.45, 7) is 0.271. The average Bonchev–Trinajstić information content (AvgIpc) is 3.09. The van der Waals surface area contributed by atoms with Gasteiger partial charge in [0.05, 0.1) is 12.2 Å². The Morgan fingerprint density at radius 3 is 2.46 bits per heavy atom. The molecule has 2 aromatic carbocycles. The van der Waals surface area contributed by atoms with E-state index in [2.05, 4.69) is 15.9 Å². The SMILES string of the molecule is O=C(OCCc1ccccc1)c1cccc(OC(=O)c2ccc(Br)o2)c1. The molecule has 0 atom stereocenters. The third-order valence-electron chi connectivity index (χ3n) is 3.52. The second-order valence-corrected chi connectivity index (χ2v) is 6.17. The highest BCUT2D eigenvalue weighted by atomic mass is 79.9. The predicted octanol–water partition coefficient (Wildman–Crippen LogP) is 4.66. The van der Waals surface area contributed by atoms with Crippen LogP contribution >= 0.6 is 15.9 Å². The van der Waals surface area contributed by atoms with E-state index in [1.807, 2.05) is 30.3 Å². The van der Waals surface area contributed by atoms with Crippen molar-refractivity contribution < 1.29 is 23.5 Å². The van der Waals surface area contributed by atoms with Crippen molar-refractivity contribution in [1.82, 2.24) is 0 Å². The summed E-state index contributed by atoms with van der Waals surface area (Å²) < 4.78 is 16.1. The molecular weight excluding hydrogens is 400 g/mol. The van der Waals surface area contributed by atoms with E-state index in [4.69, 9.17) is 13.9 Å². The Bertz CT molecular complexity index is 901. The van der Waals surface area contributed by atoms with E-state index in [1.165, 1.54) is 12.1 Å². The van der Waals surface area contributed by atoms with Crippen molar-refractivity contribution in [3.8, 4) is 5.75 Å². The van der Waals surface area contributed by atoms with E-state index in [0.717, 1.165) is 5.56 Å². The lowest BCUT2D eigenvalue weighted by molar-refractivity contribution is 0.0507. The molecule has 0 spiro atoms. The average molecular weight is 415 g/mol. The van der Waals surface area contributed by atoms with Crippen LogP contribution < -0.4 is 4.74 Å². The summed E-state index contributed by atoms with van der Waals surface area (Å²) in [7, 11) is 0. The van der Waals surface area contributed by atoms with Crippen molar-refractivity contribution in [3.63, 3.8) is 0 Å². The number of carbonyl (C=O) groups is 2. The van der Waals surface area contributed by atoms with Gasteiger partial charge in [0.25, 0.3) is 0 Å². The Balaban J connectivity index is 1.57. The highest BCUT2D eigenvalue weighted by Gasteiger charge is 2.15. The summed E-state index contributed by atoms with van der Waals surface area (Å²) in [5, 5.41) is 0. The third-order valence-corrected chi connectivity index (χ3v) is 3.95. The number of hydrogen-bond acceptors (Lipinski definition) is 5. The number of hydrogen-bond donors (Lipinski definition) is 0. The molecule has 3 aromatic rings. The zero-order valence-electron chi connectivity index (χ0n) is 13.7. The quantitative estimate of drug-likeness (QED) is 0.433. The molecule has 5 nitrogen and oxygen atoms in total. The monoisotopic (exact) mass is 414 g/mol. The van der Waals surface area contributed by atoms with Gasteiger partial charge in [-0.25, -0.2) is 9.59 Å². The standard InChI is InChI=1S/C20H15BrO5/c21-18-10-9-17(26-18)20(23)25-16-8-4-7-15(13-16)19(22)24-12-11-14-5-2-1-3-6-14/h1-10,13H,11-12H2. The van der Waals surface area contributed by atoms with Crippen LogP contribution in [-0.4, -0.2) is 18.5 Å². The van der Waals surface area contributed by atoms with Gasteiger partial charge in [-0.3, -0.25) is 0 Å². The Labute approximate surface area is 158 Å². The molecule has 0 radical (unpaired) electrons. The van der Waals surface area contributed by atoms with Gasteiger partial charge in [0, 0.05) is 6.42 Å². The van der Waals surface area contributed by atoms with Gasteiger partial charge in [-0.05, 0) is 51.8 Å². The lowest BCUT2D eigenvalue weighted by atomic mass is 10.2. The van der Waals surface area contributed by atoms with E-state index in [-0.39, 0.29) is 18.1 Å². The number of rotatable bonds is 6. The van der Waals surface area contributed by atoms with Crippen molar-refractivity contribution in [2.75, 3.05) is 6.61 Å². The Morgan fingerprint density at radius 1 is 0.923 bits per heavy atom. The molecule has 0 aliphatic heterocycles. The highest BCUT2D eigenvalue weighted by Crippen LogP contribution is 2.19. The first-order valence-electron chi connectivity index (χ1n) is 7.90. The fourth-order valence-electron chi connectivity index (χ4n) is 2.26. The van der Waals surface area contributed by atoms with Crippen molar-refractivity contribution >= 4 is 27.9 Å². The number of esters is 2. The second kappa shape index (κ2) is 8.49. The molecular formula is C20H15BrO5. The maximum absolute atomic E-state index is 12.2. The lowest BCUT2D eigenvalue weighted by Crippen LogP contribution is -2.10. The number of ether oxygens (including phenoxy) is 2. The van der Waals surface area contributed by atoms with Crippen LogP contribution in [0, 0.1) is 0 Å². The van der Waals surface area contributed by atoms with Crippen LogP contribution in [0.5, 0.6) is 5.75 Å². The Morgan fingerprint density at radius 2 is 1.73 bits per heavy atom. The molecule has 3 rings (SSSR count). The fourth-order valence-corrected chi connectivity index (χ4v) is 2.56. The van der Waals surface area contributed by atoms with E-state index in [0.29, 0.717) is 16.7 Å². The van der Waals surface area contributed by atoms with Crippen LogP contribution in [0.25, 0.3) is 0 Å². The van der Waals surface area contributed by atoms with Crippen molar-refractivity contribution in [1.29, 1.82) is 0 Å². The molecule has 0 N–H and O–H groups in total. The molecule has 26 heavy (non-hydrogen) atoms. The molecule has 0 saturated carbocycles. The van der Waals surface area contributed by atoms with Gasteiger partial charge in [-0.15, -0.1) is 0 Å². The highest BCUT2D eigenvalue weighted by molar-refractivity contribution is 9.10. The van der Waals surface area contributed by atoms with Gasteiger partial charge in [0.15, 0.2) is 4.67 Å². The maximum atomic E-state index is 12.2. The van der Waals surface area contributed by atoms with Crippen LogP contribution in [0.15, 0.2) is 75.8 Å². The second-order valence-electron chi connectivity index (χ2n) is 5.39. The van der Waals surface area contributed by atoms with E-state index in [9.17, 15) is 9.59 Å². The normalized spacial score (nSPS) is 10.3. The summed E-state index contributed by atoms with van der Waals surface area (Å²) in [6, 6.07) is 19.1. The third kappa shape index (κ3) is 4.83. The molecule has 0 aliphatic carbocycles. The number of furan rings is 1. The van der Waals surface area contributed by atoms with Crippen LogP contribution in [0.2, 0.25) is 0 Å². The van der Waals surface area contributed by atoms with E-state index < -0.39 is 11.9 Å². The van der Waals surface area contributed by atoms with Crippen molar-refractivity contribution in [2.45, 2.75) is 6.42 Å². The molecule has 132 valence electrons.